The fraction of sp³-hybridized carbons (Fsp3) is 0.250. The topological polar surface area (TPSA) is 78.3 Å². The molecule has 0 saturated heterocycles. The molecule has 0 aliphatic heterocycles. The van der Waals surface area contributed by atoms with Crippen molar-refractivity contribution in [2.75, 3.05) is 18.5 Å². The average Bonchev–Trinajstić information content (AvgIpc) is 3.22. The number of benzene rings is 1. The largest absolute Gasteiger partial charge is 0.490 e. The Bertz CT molecular complexity index is 848. The van der Waals surface area contributed by atoms with Gasteiger partial charge in [0, 0.05) is 18.8 Å². The minimum absolute atomic E-state index is 0.0784. The first-order valence-corrected chi connectivity index (χ1v) is 8.87. The molecule has 0 unspecified atom stereocenters. The maximum absolute atomic E-state index is 12.1. The van der Waals surface area contributed by atoms with Crippen molar-refractivity contribution in [2.45, 2.75) is 19.8 Å². The molecule has 3 aromatic rings. The van der Waals surface area contributed by atoms with Gasteiger partial charge in [0.25, 0.3) is 0 Å². The summed E-state index contributed by atoms with van der Waals surface area (Å²) < 4.78 is 12.9. The van der Waals surface area contributed by atoms with Crippen LogP contribution in [0, 0.1) is 0 Å². The van der Waals surface area contributed by atoms with Crippen molar-refractivity contribution in [3.05, 3.63) is 61.1 Å². The van der Waals surface area contributed by atoms with Gasteiger partial charge < -0.3 is 14.8 Å². The molecular weight excluding hydrogens is 344 g/mol. The number of aromatic nitrogens is 3. The van der Waals surface area contributed by atoms with Crippen LogP contribution in [0.1, 0.15) is 19.8 Å². The van der Waals surface area contributed by atoms with Gasteiger partial charge in [-0.1, -0.05) is 12.1 Å². The molecule has 0 bridgehead atoms. The molecule has 7 nitrogen and oxygen atoms in total. The van der Waals surface area contributed by atoms with Crippen LogP contribution in [0.5, 0.6) is 11.5 Å². The van der Waals surface area contributed by atoms with Crippen LogP contribution in [-0.2, 0) is 4.79 Å². The van der Waals surface area contributed by atoms with Gasteiger partial charge in [-0.3, -0.25) is 4.79 Å². The molecule has 27 heavy (non-hydrogen) atoms. The second-order valence-corrected chi connectivity index (χ2v) is 5.74. The lowest BCUT2D eigenvalue weighted by atomic mass is 10.3. The van der Waals surface area contributed by atoms with E-state index in [0.717, 1.165) is 0 Å². The summed E-state index contributed by atoms with van der Waals surface area (Å²) in [5, 5.41) is 6.95. The first-order valence-electron chi connectivity index (χ1n) is 8.87. The maximum Gasteiger partial charge on any atom is 0.224 e. The lowest BCUT2D eigenvalue weighted by Gasteiger charge is -2.11. The number of nitrogens with zero attached hydrogens (tertiary/aromatic N) is 3. The third-order valence-corrected chi connectivity index (χ3v) is 3.73. The molecule has 0 aliphatic carbocycles. The SMILES string of the molecule is CCOc1ccccc1OCCCC(=O)Nc1ccc(-n2cccn2)nc1. The number of nitrogens with one attached hydrogen (secondary N) is 1. The number of pyridine rings is 1. The minimum atomic E-state index is -0.0784. The molecule has 0 radical (unpaired) electrons. The van der Waals surface area contributed by atoms with Crippen LogP contribution in [0.4, 0.5) is 5.69 Å². The number of anilines is 1. The van der Waals surface area contributed by atoms with Crippen molar-refractivity contribution in [1.82, 2.24) is 14.8 Å². The standard InChI is InChI=1S/C20H22N4O3/c1-2-26-17-7-3-4-8-18(17)27-14-5-9-20(25)23-16-10-11-19(21-15-16)24-13-6-12-22-24/h3-4,6-8,10-13,15H,2,5,9,14H2,1H3,(H,23,25). The van der Waals surface area contributed by atoms with E-state index in [0.29, 0.717) is 49.1 Å². The van der Waals surface area contributed by atoms with Crippen LogP contribution in [0.3, 0.4) is 0 Å². The van der Waals surface area contributed by atoms with Crippen molar-refractivity contribution in [2.24, 2.45) is 0 Å². The summed E-state index contributed by atoms with van der Waals surface area (Å²) in [6, 6.07) is 12.9. The van der Waals surface area contributed by atoms with E-state index < -0.39 is 0 Å². The number of ether oxygens (including phenoxy) is 2. The summed E-state index contributed by atoms with van der Waals surface area (Å²) in [6.07, 6.45) is 6.07. The number of hydrogen-bond acceptors (Lipinski definition) is 5. The molecule has 2 heterocycles. The van der Waals surface area contributed by atoms with Crippen LogP contribution in [0.15, 0.2) is 61.1 Å². The Morgan fingerprint density at radius 3 is 2.59 bits per heavy atom. The third-order valence-electron chi connectivity index (χ3n) is 3.73. The lowest BCUT2D eigenvalue weighted by Crippen LogP contribution is -2.13. The van der Waals surface area contributed by atoms with Crippen LogP contribution in [0.2, 0.25) is 0 Å². The van der Waals surface area contributed by atoms with Gasteiger partial charge in [0.1, 0.15) is 0 Å². The highest BCUT2D eigenvalue weighted by atomic mass is 16.5. The molecule has 1 aromatic carbocycles. The fourth-order valence-corrected chi connectivity index (χ4v) is 2.48. The number of hydrogen-bond donors (Lipinski definition) is 1. The van der Waals surface area contributed by atoms with E-state index in [1.165, 1.54) is 0 Å². The van der Waals surface area contributed by atoms with Crippen molar-refractivity contribution in [1.29, 1.82) is 0 Å². The highest BCUT2D eigenvalue weighted by Crippen LogP contribution is 2.26. The summed E-state index contributed by atoms with van der Waals surface area (Å²) in [5.41, 5.74) is 0.651. The molecule has 0 saturated carbocycles. The van der Waals surface area contributed by atoms with Crippen LogP contribution >= 0.6 is 0 Å². The summed E-state index contributed by atoms with van der Waals surface area (Å²) in [7, 11) is 0. The van der Waals surface area contributed by atoms with Crippen molar-refractivity contribution in [3.8, 4) is 17.3 Å². The molecule has 1 N–H and O–H groups in total. The molecule has 7 heteroatoms. The van der Waals surface area contributed by atoms with Gasteiger partial charge in [-0.15, -0.1) is 0 Å². The summed E-state index contributed by atoms with van der Waals surface area (Å²) in [6.45, 7) is 2.95. The van der Waals surface area contributed by atoms with Crippen LogP contribution in [0.25, 0.3) is 5.82 Å². The minimum Gasteiger partial charge on any atom is -0.490 e. The monoisotopic (exact) mass is 366 g/mol. The Morgan fingerprint density at radius 2 is 1.93 bits per heavy atom. The van der Waals surface area contributed by atoms with E-state index in [9.17, 15) is 4.79 Å². The number of carbonyl (C=O) groups is 1. The highest BCUT2D eigenvalue weighted by molar-refractivity contribution is 5.90. The number of carbonyl (C=O) groups excluding carboxylic acids is 1. The lowest BCUT2D eigenvalue weighted by molar-refractivity contribution is -0.116. The molecular formula is C20H22N4O3. The summed E-state index contributed by atoms with van der Waals surface area (Å²) in [4.78, 5) is 16.4. The van der Waals surface area contributed by atoms with Crippen molar-refractivity contribution < 1.29 is 14.3 Å². The van der Waals surface area contributed by atoms with E-state index in [1.807, 2.05) is 43.5 Å². The van der Waals surface area contributed by atoms with E-state index in [2.05, 4.69) is 15.4 Å². The molecule has 2 aromatic heterocycles. The third kappa shape index (κ3) is 5.31. The number of para-hydroxylation sites is 2. The van der Waals surface area contributed by atoms with Gasteiger partial charge in [0.2, 0.25) is 5.91 Å². The second-order valence-electron chi connectivity index (χ2n) is 5.74. The average molecular weight is 366 g/mol. The molecule has 0 spiro atoms. The summed E-state index contributed by atoms with van der Waals surface area (Å²) >= 11 is 0. The Kier molecular flexibility index (Phi) is 6.40. The summed E-state index contributed by atoms with van der Waals surface area (Å²) in [5.74, 6) is 2.02. The van der Waals surface area contributed by atoms with E-state index in [-0.39, 0.29) is 5.91 Å². The van der Waals surface area contributed by atoms with Gasteiger partial charge in [-0.05, 0) is 43.7 Å². The molecule has 0 fully saturated rings. The zero-order valence-corrected chi connectivity index (χ0v) is 15.2. The second kappa shape index (κ2) is 9.38. The van der Waals surface area contributed by atoms with E-state index in [4.69, 9.17) is 9.47 Å². The number of rotatable bonds is 9. The predicted molar refractivity (Wildman–Crippen MR) is 102 cm³/mol. The molecule has 0 atom stereocenters. The van der Waals surface area contributed by atoms with Crippen LogP contribution < -0.4 is 14.8 Å². The van der Waals surface area contributed by atoms with Gasteiger partial charge >= 0.3 is 0 Å². The van der Waals surface area contributed by atoms with E-state index >= 15 is 0 Å². The Labute approximate surface area is 158 Å². The quantitative estimate of drug-likeness (QED) is 0.587. The predicted octanol–water partition coefficient (Wildman–Crippen LogP) is 3.46. The highest BCUT2D eigenvalue weighted by Gasteiger charge is 2.06. The van der Waals surface area contributed by atoms with Gasteiger partial charge in [-0.2, -0.15) is 5.10 Å². The van der Waals surface area contributed by atoms with Gasteiger partial charge in [-0.25, -0.2) is 9.67 Å². The van der Waals surface area contributed by atoms with Gasteiger partial charge in [0.05, 0.1) is 25.1 Å². The first-order chi connectivity index (χ1) is 13.3. The van der Waals surface area contributed by atoms with Crippen LogP contribution in [-0.4, -0.2) is 33.9 Å². The maximum atomic E-state index is 12.1. The first kappa shape index (κ1) is 18.4. The Hall–Kier alpha value is -3.35. The Balaban J connectivity index is 1.42. The Morgan fingerprint density at radius 1 is 1.11 bits per heavy atom. The normalized spacial score (nSPS) is 10.4. The zero-order chi connectivity index (χ0) is 18.9. The molecule has 1 amide bonds. The molecule has 140 valence electrons. The van der Waals surface area contributed by atoms with Gasteiger partial charge in [0.15, 0.2) is 17.3 Å². The smallest absolute Gasteiger partial charge is 0.224 e. The van der Waals surface area contributed by atoms with Crippen molar-refractivity contribution in [3.63, 3.8) is 0 Å². The molecule has 3 rings (SSSR count). The zero-order valence-electron chi connectivity index (χ0n) is 15.2. The number of amides is 1. The fourth-order valence-electron chi connectivity index (χ4n) is 2.48. The van der Waals surface area contributed by atoms with E-state index in [1.54, 1.807) is 29.2 Å². The van der Waals surface area contributed by atoms with Crippen molar-refractivity contribution >= 4 is 11.6 Å². The molecule has 0 aliphatic rings.